The van der Waals surface area contributed by atoms with E-state index in [1.807, 2.05) is 24.3 Å². The molecule has 1 amide bonds. The number of nitrogens with one attached hydrogen (secondary N) is 1. The van der Waals surface area contributed by atoms with Crippen LogP contribution in [-0.4, -0.2) is 10.9 Å². The lowest BCUT2D eigenvalue weighted by molar-refractivity contribution is 0.103. The molecular formula is C23H17ClFN3OS. The summed E-state index contributed by atoms with van der Waals surface area (Å²) in [6.07, 6.45) is 2.84. The SMILES string of the molecule is Nc1c(C(=O)Nc2ccc(F)cc2)sc2nc3c(c(-c4ccccc4Cl)c12)CCC3. The zero-order chi connectivity index (χ0) is 20.8. The number of pyridine rings is 1. The van der Waals surface area contributed by atoms with Crippen molar-refractivity contribution in [2.45, 2.75) is 19.3 Å². The highest BCUT2D eigenvalue weighted by Crippen LogP contribution is 2.45. The molecule has 5 rings (SSSR count). The Bertz CT molecular complexity index is 1300. The minimum Gasteiger partial charge on any atom is -0.397 e. The molecular weight excluding hydrogens is 421 g/mol. The van der Waals surface area contributed by atoms with Crippen molar-refractivity contribution in [1.29, 1.82) is 0 Å². The highest BCUT2D eigenvalue weighted by atomic mass is 35.5. The van der Waals surface area contributed by atoms with E-state index >= 15 is 0 Å². The number of halogens is 2. The average Bonchev–Trinajstić information content (AvgIpc) is 3.33. The minimum atomic E-state index is -0.363. The maximum atomic E-state index is 13.2. The van der Waals surface area contributed by atoms with Crippen molar-refractivity contribution in [1.82, 2.24) is 4.98 Å². The molecule has 150 valence electrons. The lowest BCUT2D eigenvalue weighted by Gasteiger charge is -2.13. The molecule has 3 N–H and O–H groups in total. The molecule has 0 saturated heterocycles. The summed E-state index contributed by atoms with van der Waals surface area (Å²) in [4.78, 5) is 18.9. The molecule has 0 unspecified atom stereocenters. The van der Waals surface area contributed by atoms with Gasteiger partial charge in [0.25, 0.3) is 5.91 Å². The zero-order valence-electron chi connectivity index (χ0n) is 15.8. The molecule has 0 radical (unpaired) electrons. The molecule has 4 aromatic rings. The van der Waals surface area contributed by atoms with E-state index < -0.39 is 0 Å². The summed E-state index contributed by atoms with van der Waals surface area (Å²) in [5, 5.41) is 4.20. The van der Waals surface area contributed by atoms with Crippen LogP contribution < -0.4 is 11.1 Å². The summed E-state index contributed by atoms with van der Waals surface area (Å²) in [5.74, 6) is -0.704. The molecule has 0 atom stereocenters. The highest BCUT2D eigenvalue weighted by Gasteiger charge is 2.27. The first kappa shape index (κ1) is 19.0. The smallest absolute Gasteiger partial charge is 0.267 e. The number of carbonyl (C=O) groups excluding carboxylic acids is 1. The van der Waals surface area contributed by atoms with Crippen molar-refractivity contribution in [3.8, 4) is 11.1 Å². The second kappa shape index (κ2) is 7.38. The van der Waals surface area contributed by atoms with Crippen LogP contribution in [-0.2, 0) is 12.8 Å². The number of amides is 1. The van der Waals surface area contributed by atoms with Gasteiger partial charge in [0, 0.05) is 32.9 Å². The summed E-state index contributed by atoms with van der Waals surface area (Å²) in [7, 11) is 0. The topological polar surface area (TPSA) is 68.0 Å². The highest BCUT2D eigenvalue weighted by molar-refractivity contribution is 7.21. The second-order valence-electron chi connectivity index (χ2n) is 7.23. The van der Waals surface area contributed by atoms with E-state index in [2.05, 4.69) is 5.32 Å². The Morgan fingerprint density at radius 1 is 1.13 bits per heavy atom. The fourth-order valence-electron chi connectivity index (χ4n) is 4.00. The van der Waals surface area contributed by atoms with Crippen LogP contribution in [0.1, 0.15) is 27.3 Å². The number of carbonyl (C=O) groups is 1. The van der Waals surface area contributed by atoms with Gasteiger partial charge < -0.3 is 11.1 Å². The van der Waals surface area contributed by atoms with E-state index in [-0.39, 0.29) is 11.7 Å². The third-order valence-corrected chi connectivity index (χ3v) is 6.78. The van der Waals surface area contributed by atoms with Crippen LogP contribution in [0.5, 0.6) is 0 Å². The summed E-state index contributed by atoms with van der Waals surface area (Å²) in [5.41, 5.74) is 11.5. The van der Waals surface area contributed by atoms with Gasteiger partial charge in [0.15, 0.2) is 0 Å². The summed E-state index contributed by atoms with van der Waals surface area (Å²) < 4.78 is 13.2. The zero-order valence-corrected chi connectivity index (χ0v) is 17.4. The number of thiophene rings is 1. The standard InChI is InChI=1S/C23H17ClFN3OS/c24-16-6-2-1-4-14(16)18-15-5-3-7-17(15)28-23-19(18)20(26)21(30-23)22(29)27-13-10-8-12(25)9-11-13/h1-2,4,6,8-11H,3,5,7,26H2,(H,27,29). The number of nitrogens with two attached hydrogens (primary N) is 1. The quantitative estimate of drug-likeness (QED) is 0.408. The number of aromatic nitrogens is 1. The number of hydrogen-bond acceptors (Lipinski definition) is 4. The van der Waals surface area contributed by atoms with Gasteiger partial charge in [0.1, 0.15) is 15.5 Å². The van der Waals surface area contributed by atoms with Crippen molar-refractivity contribution < 1.29 is 9.18 Å². The van der Waals surface area contributed by atoms with Crippen LogP contribution >= 0.6 is 22.9 Å². The summed E-state index contributed by atoms with van der Waals surface area (Å²) in [6, 6.07) is 13.3. The van der Waals surface area contributed by atoms with Crippen molar-refractivity contribution in [2.75, 3.05) is 11.1 Å². The van der Waals surface area contributed by atoms with E-state index in [1.54, 1.807) is 0 Å². The van der Waals surface area contributed by atoms with Gasteiger partial charge in [0.05, 0.1) is 5.69 Å². The monoisotopic (exact) mass is 437 g/mol. The van der Waals surface area contributed by atoms with Crippen LogP contribution in [0.2, 0.25) is 5.02 Å². The van der Waals surface area contributed by atoms with E-state index in [1.165, 1.54) is 35.6 Å². The van der Waals surface area contributed by atoms with Gasteiger partial charge in [-0.25, -0.2) is 9.37 Å². The Morgan fingerprint density at radius 3 is 2.67 bits per heavy atom. The molecule has 1 aliphatic carbocycles. The number of aryl methyl sites for hydroxylation is 1. The van der Waals surface area contributed by atoms with Gasteiger partial charge in [-0.15, -0.1) is 11.3 Å². The minimum absolute atomic E-state index is 0.340. The van der Waals surface area contributed by atoms with Crippen LogP contribution in [0.15, 0.2) is 48.5 Å². The third kappa shape index (κ3) is 3.13. The summed E-state index contributed by atoms with van der Waals surface area (Å²) >= 11 is 7.80. The van der Waals surface area contributed by atoms with Crippen LogP contribution in [0.3, 0.4) is 0 Å². The number of nitrogen functional groups attached to an aromatic ring is 1. The Balaban J connectivity index is 1.67. The first-order chi connectivity index (χ1) is 14.5. The summed E-state index contributed by atoms with van der Waals surface area (Å²) in [6.45, 7) is 0. The Labute approximate surface area is 181 Å². The van der Waals surface area contributed by atoms with Gasteiger partial charge >= 0.3 is 0 Å². The van der Waals surface area contributed by atoms with E-state index in [0.717, 1.165) is 51.9 Å². The molecule has 0 spiro atoms. The largest absolute Gasteiger partial charge is 0.397 e. The molecule has 2 heterocycles. The normalized spacial score (nSPS) is 12.9. The lowest BCUT2D eigenvalue weighted by atomic mass is 9.96. The fraction of sp³-hybridized carbons (Fsp3) is 0.130. The molecule has 0 fully saturated rings. The molecule has 30 heavy (non-hydrogen) atoms. The van der Waals surface area contributed by atoms with E-state index in [0.29, 0.717) is 21.3 Å². The second-order valence-corrected chi connectivity index (χ2v) is 8.64. The van der Waals surface area contributed by atoms with Crippen LogP contribution in [0.25, 0.3) is 21.3 Å². The molecule has 0 bridgehead atoms. The fourth-order valence-corrected chi connectivity index (χ4v) is 5.25. The first-order valence-electron chi connectivity index (χ1n) is 9.58. The predicted octanol–water partition coefficient (Wildman–Crippen LogP) is 6.08. The molecule has 7 heteroatoms. The van der Waals surface area contributed by atoms with Gasteiger partial charge in [-0.05, 0) is 55.2 Å². The number of fused-ring (bicyclic) bond motifs is 2. The van der Waals surface area contributed by atoms with Gasteiger partial charge in [-0.2, -0.15) is 0 Å². The Morgan fingerprint density at radius 2 is 1.90 bits per heavy atom. The number of rotatable bonds is 3. The Kier molecular flexibility index (Phi) is 4.68. The number of nitrogens with zero attached hydrogens (tertiary/aromatic N) is 1. The number of anilines is 2. The van der Waals surface area contributed by atoms with Gasteiger partial charge in [0.2, 0.25) is 0 Å². The van der Waals surface area contributed by atoms with Crippen molar-refractivity contribution in [3.63, 3.8) is 0 Å². The molecule has 2 aromatic carbocycles. The van der Waals surface area contributed by atoms with Gasteiger partial charge in [-0.1, -0.05) is 29.8 Å². The average molecular weight is 438 g/mol. The number of hydrogen-bond donors (Lipinski definition) is 2. The van der Waals surface area contributed by atoms with Crippen LogP contribution in [0.4, 0.5) is 15.8 Å². The maximum Gasteiger partial charge on any atom is 0.267 e. The van der Waals surface area contributed by atoms with Gasteiger partial charge in [-0.3, -0.25) is 4.79 Å². The van der Waals surface area contributed by atoms with E-state index in [9.17, 15) is 9.18 Å². The first-order valence-corrected chi connectivity index (χ1v) is 10.8. The molecule has 0 saturated carbocycles. The van der Waals surface area contributed by atoms with Crippen LogP contribution in [0, 0.1) is 5.82 Å². The molecule has 2 aromatic heterocycles. The molecule has 4 nitrogen and oxygen atoms in total. The Hall–Kier alpha value is -2.96. The molecule has 0 aliphatic heterocycles. The number of benzene rings is 2. The van der Waals surface area contributed by atoms with Crippen molar-refractivity contribution in [2.24, 2.45) is 0 Å². The lowest BCUT2D eigenvalue weighted by Crippen LogP contribution is -2.12. The molecule has 1 aliphatic rings. The predicted molar refractivity (Wildman–Crippen MR) is 121 cm³/mol. The van der Waals surface area contributed by atoms with Crippen molar-refractivity contribution in [3.05, 3.63) is 75.5 Å². The van der Waals surface area contributed by atoms with E-state index in [4.69, 9.17) is 22.3 Å². The maximum absolute atomic E-state index is 13.2. The van der Waals surface area contributed by atoms with Crippen molar-refractivity contribution >= 4 is 50.4 Å². The third-order valence-electron chi connectivity index (χ3n) is 5.36.